The van der Waals surface area contributed by atoms with Gasteiger partial charge in [0.25, 0.3) is 0 Å². The van der Waals surface area contributed by atoms with Crippen molar-refractivity contribution >= 4 is 6.03 Å². The van der Waals surface area contributed by atoms with Crippen LogP contribution in [0.25, 0.3) is 0 Å². The Balaban J connectivity index is 2.43. The van der Waals surface area contributed by atoms with Gasteiger partial charge in [0.05, 0.1) is 0 Å². The van der Waals surface area contributed by atoms with Crippen molar-refractivity contribution < 1.29 is 4.79 Å². The molecule has 2 rings (SSSR count). The summed E-state index contributed by atoms with van der Waals surface area (Å²) in [6.07, 6.45) is 4.27. The summed E-state index contributed by atoms with van der Waals surface area (Å²) in [5, 5.41) is 8.16. The molecule has 2 heterocycles. The van der Waals surface area contributed by atoms with Crippen LogP contribution in [-0.2, 0) is 11.8 Å². The normalized spacial score (nSPS) is 11.8. The van der Waals surface area contributed by atoms with Gasteiger partial charge in [-0.1, -0.05) is 27.7 Å². The molecule has 2 aromatic heterocycles. The van der Waals surface area contributed by atoms with Crippen LogP contribution >= 0.6 is 0 Å². The summed E-state index contributed by atoms with van der Waals surface area (Å²) >= 11 is 0. The molecule has 0 aliphatic heterocycles. The molecule has 102 valence electrons. The number of carbonyl (C=O) groups excluding carboxylic acids is 1. The van der Waals surface area contributed by atoms with E-state index in [1.54, 1.807) is 0 Å². The molecule has 0 saturated carbocycles. The second-order valence-electron chi connectivity index (χ2n) is 5.39. The molecule has 0 radical (unpaired) electrons. The van der Waals surface area contributed by atoms with E-state index < -0.39 is 0 Å². The Morgan fingerprint density at radius 1 is 1.37 bits per heavy atom. The summed E-state index contributed by atoms with van der Waals surface area (Å²) in [5.74, 6) is 1.32. The third-order valence-corrected chi connectivity index (χ3v) is 2.61. The molecular weight excluding hydrogens is 244 g/mol. The quantitative estimate of drug-likeness (QED) is 0.822. The number of aromatic nitrogens is 6. The highest BCUT2D eigenvalue weighted by molar-refractivity contribution is 5.77. The van der Waals surface area contributed by atoms with E-state index in [1.165, 1.54) is 17.3 Å². The Morgan fingerprint density at radius 2 is 2.11 bits per heavy atom. The highest BCUT2D eigenvalue weighted by Gasteiger charge is 2.24. The minimum Gasteiger partial charge on any atom is -0.243 e. The smallest absolute Gasteiger partial charge is 0.243 e. The highest BCUT2D eigenvalue weighted by Crippen LogP contribution is 2.19. The monoisotopic (exact) mass is 262 g/mol. The van der Waals surface area contributed by atoms with E-state index in [-0.39, 0.29) is 11.4 Å². The van der Waals surface area contributed by atoms with Crippen molar-refractivity contribution in [1.82, 2.24) is 29.5 Å². The largest absolute Gasteiger partial charge is 0.372 e. The number of nitrogens with zero attached hydrogens (tertiary/aromatic N) is 6. The lowest BCUT2D eigenvalue weighted by atomic mass is 9.96. The molecule has 0 amide bonds. The minimum atomic E-state index is -0.357. The van der Waals surface area contributed by atoms with Crippen molar-refractivity contribution in [3.8, 4) is 0 Å². The molecule has 0 fully saturated rings. The Hall–Kier alpha value is -2.05. The van der Waals surface area contributed by atoms with Crippen molar-refractivity contribution in [1.29, 1.82) is 0 Å². The molecule has 0 N–H and O–H groups in total. The van der Waals surface area contributed by atoms with Crippen LogP contribution in [0.3, 0.4) is 0 Å². The molecule has 0 aromatic carbocycles. The van der Waals surface area contributed by atoms with Crippen LogP contribution in [0.1, 0.15) is 45.8 Å². The van der Waals surface area contributed by atoms with E-state index in [0.717, 1.165) is 11.1 Å². The molecule has 2 aromatic rings. The maximum absolute atomic E-state index is 12.3. The molecule has 7 heteroatoms. The van der Waals surface area contributed by atoms with Crippen LogP contribution in [0.4, 0.5) is 4.79 Å². The summed E-state index contributed by atoms with van der Waals surface area (Å²) in [4.78, 5) is 20.5. The van der Waals surface area contributed by atoms with Crippen molar-refractivity contribution in [2.75, 3.05) is 0 Å². The number of carbonyl (C=O) groups is 1. The standard InChI is InChI=1S/C12H18N6O/c1-5-6-9-15-10(12(2,3)4)16-18(9)11(19)17-8-13-7-14-17/h7-8H,5-6H2,1-4H3. The van der Waals surface area contributed by atoms with Gasteiger partial charge in [0.2, 0.25) is 0 Å². The zero-order chi connectivity index (χ0) is 14.0. The minimum absolute atomic E-state index is 0.198. The zero-order valence-corrected chi connectivity index (χ0v) is 11.7. The average Bonchev–Trinajstić information content (AvgIpc) is 2.96. The van der Waals surface area contributed by atoms with E-state index in [0.29, 0.717) is 18.1 Å². The van der Waals surface area contributed by atoms with E-state index in [4.69, 9.17) is 0 Å². The van der Waals surface area contributed by atoms with Crippen LogP contribution in [0.2, 0.25) is 0 Å². The molecular formula is C12H18N6O. The van der Waals surface area contributed by atoms with Crippen LogP contribution in [0.5, 0.6) is 0 Å². The molecule has 0 saturated heterocycles. The molecule has 0 bridgehead atoms. The van der Waals surface area contributed by atoms with Gasteiger partial charge in [-0.25, -0.2) is 14.8 Å². The number of aryl methyl sites for hydroxylation is 1. The summed E-state index contributed by atoms with van der Waals surface area (Å²) in [6.45, 7) is 8.09. The van der Waals surface area contributed by atoms with Crippen LogP contribution in [0.15, 0.2) is 12.7 Å². The lowest BCUT2D eigenvalue weighted by molar-refractivity contribution is 0.237. The second kappa shape index (κ2) is 4.91. The van der Waals surface area contributed by atoms with Crippen LogP contribution in [-0.4, -0.2) is 35.6 Å². The predicted molar refractivity (Wildman–Crippen MR) is 68.9 cm³/mol. The summed E-state index contributed by atoms with van der Waals surface area (Å²) in [7, 11) is 0. The maximum Gasteiger partial charge on any atom is 0.372 e. The van der Waals surface area contributed by atoms with Crippen molar-refractivity contribution in [2.45, 2.75) is 46.0 Å². The van der Waals surface area contributed by atoms with E-state index in [9.17, 15) is 4.79 Å². The first-order valence-electron chi connectivity index (χ1n) is 6.29. The zero-order valence-electron chi connectivity index (χ0n) is 11.7. The molecule has 0 atom stereocenters. The van der Waals surface area contributed by atoms with Crippen molar-refractivity contribution in [3.05, 3.63) is 24.3 Å². The van der Waals surface area contributed by atoms with Gasteiger partial charge < -0.3 is 0 Å². The Kier molecular flexibility index (Phi) is 3.46. The fourth-order valence-corrected chi connectivity index (χ4v) is 1.60. The predicted octanol–water partition coefficient (Wildman–Crippen LogP) is 1.64. The summed E-state index contributed by atoms with van der Waals surface area (Å²) < 4.78 is 2.47. The third kappa shape index (κ3) is 2.69. The van der Waals surface area contributed by atoms with Gasteiger partial charge in [0, 0.05) is 11.8 Å². The Morgan fingerprint density at radius 3 is 2.63 bits per heavy atom. The van der Waals surface area contributed by atoms with Gasteiger partial charge in [-0.2, -0.15) is 14.5 Å². The Bertz CT molecular complexity index is 564. The average molecular weight is 262 g/mol. The summed E-state index contributed by atoms with van der Waals surface area (Å²) in [5.41, 5.74) is -0.198. The number of hydrogen-bond acceptors (Lipinski definition) is 5. The van der Waals surface area contributed by atoms with Gasteiger partial charge in [-0.05, 0) is 6.42 Å². The first-order valence-corrected chi connectivity index (χ1v) is 6.29. The van der Waals surface area contributed by atoms with Crippen LogP contribution < -0.4 is 0 Å². The molecule has 7 nitrogen and oxygen atoms in total. The third-order valence-electron chi connectivity index (χ3n) is 2.61. The highest BCUT2D eigenvalue weighted by atomic mass is 16.2. The number of hydrogen-bond donors (Lipinski definition) is 0. The van der Waals surface area contributed by atoms with Gasteiger partial charge in [0.1, 0.15) is 18.5 Å². The first kappa shape index (κ1) is 13.4. The topological polar surface area (TPSA) is 78.5 Å². The van der Waals surface area contributed by atoms with Gasteiger partial charge in [0.15, 0.2) is 5.82 Å². The maximum atomic E-state index is 12.3. The molecule has 0 unspecified atom stereocenters. The number of rotatable bonds is 2. The van der Waals surface area contributed by atoms with E-state index >= 15 is 0 Å². The molecule has 19 heavy (non-hydrogen) atoms. The van der Waals surface area contributed by atoms with Crippen molar-refractivity contribution in [2.24, 2.45) is 0 Å². The summed E-state index contributed by atoms with van der Waals surface area (Å²) in [6, 6.07) is -0.357. The Labute approximate surface area is 111 Å². The van der Waals surface area contributed by atoms with E-state index in [2.05, 4.69) is 20.2 Å². The fourth-order valence-electron chi connectivity index (χ4n) is 1.60. The van der Waals surface area contributed by atoms with Gasteiger partial charge in [-0.15, -0.1) is 5.10 Å². The molecule has 0 aliphatic rings. The van der Waals surface area contributed by atoms with Crippen LogP contribution in [0, 0.1) is 0 Å². The first-order chi connectivity index (χ1) is 8.93. The molecule has 0 spiro atoms. The molecule has 0 aliphatic carbocycles. The lowest BCUT2D eigenvalue weighted by Crippen LogP contribution is -2.24. The van der Waals surface area contributed by atoms with Gasteiger partial charge >= 0.3 is 6.03 Å². The SMILES string of the molecule is CCCc1nc(C(C)(C)C)nn1C(=O)n1cncn1. The van der Waals surface area contributed by atoms with Crippen molar-refractivity contribution in [3.63, 3.8) is 0 Å². The van der Waals surface area contributed by atoms with E-state index in [1.807, 2.05) is 27.7 Å². The van der Waals surface area contributed by atoms with Gasteiger partial charge in [-0.3, -0.25) is 0 Å². The second-order valence-corrected chi connectivity index (χ2v) is 5.39. The lowest BCUT2D eigenvalue weighted by Gasteiger charge is -2.12. The fraction of sp³-hybridized carbons (Fsp3) is 0.583.